The van der Waals surface area contributed by atoms with Gasteiger partial charge in [-0.3, -0.25) is 0 Å². The Bertz CT molecular complexity index is 827. The van der Waals surface area contributed by atoms with Gasteiger partial charge in [-0.2, -0.15) is 0 Å². The number of benzene rings is 2. The molecular formula is C17H13BrFNO. The van der Waals surface area contributed by atoms with Crippen molar-refractivity contribution in [1.82, 2.24) is 4.57 Å². The van der Waals surface area contributed by atoms with Crippen molar-refractivity contribution in [2.75, 3.05) is 0 Å². The summed E-state index contributed by atoms with van der Waals surface area (Å²) in [6, 6.07) is 13.0. The summed E-state index contributed by atoms with van der Waals surface area (Å²) in [5.41, 5.74) is 2.13. The van der Waals surface area contributed by atoms with E-state index >= 15 is 0 Å². The topological polar surface area (TPSA) is 14.2 Å². The van der Waals surface area contributed by atoms with Crippen LogP contribution in [0.4, 0.5) is 4.39 Å². The van der Waals surface area contributed by atoms with Crippen LogP contribution >= 0.6 is 15.9 Å². The molecule has 2 heterocycles. The van der Waals surface area contributed by atoms with E-state index in [2.05, 4.69) is 38.8 Å². The maximum Gasteiger partial charge on any atom is 0.123 e. The fraction of sp³-hybridized carbons (Fsp3) is 0.176. The van der Waals surface area contributed by atoms with Crippen LogP contribution < -0.4 is 4.74 Å². The Morgan fingerprint density at radius 3 is 3.05 bits per heavy atom. The Morgan fingerprint density at radius 2 is 2.14 bits per heavy atom. The minimum atomic E-state index is -0.201. The molecule has 0 aliphatic carbocycles. The second-order valence-electron chi connectivity index (χ2n) is 5.34. The van der Waals surface area contributed by atoms with E-state index in [9.17, 15) is 4.39 Å². The molecule has 0 saturated heterocycles. The van der Waals surface area contributed by atoms with Crippen LogP contribution in [0.15, 0.2) is 53.1 Å². The molecule has 1 aliphatic heterocycles. The molecule has 4 rings (SSSR count). The van der Waals surface area contributed by atoms with Gasteiger partial charge in [-0.25, -0.2) is 4.39 Å². The molecular weight excluding hydrogens is 333 g/mol. The third-order valence-electron chi connectivity index (χ3n) is 3.92. The highest BCUT2D eigenvalue weighted by Gasteiger charge is 2.24. The monoisotopic (exact) mass is 345 g/mol. The van der Waals surface area contributed by atoms with Crippen LogP contribution in [-0.4, -0.2) is 10.7 Å². The molecule has 3 aromatic rings. The molecule has 0 spiro atoms. The molecule has 106 valence electrons. The lowest BCUT2D eigenvalue weighted by molar-refractivity contribution is 0.211. The maximum atomic E-state index is 13.3. The quantitative estimate of drug-likeness (QED) is 0.664. The van der Waals surface area contributed by atoms with Crippen molar-refractivity contribution < 1.29 is 9.13 Å². The van der Waals surface area contributed by atoms with Crippen molar-refractivity contribution in [3.63, 3.8) is 0 Å². The second kappa shape index (κ2) is 4.88. The van der Waals surface area contributed by atoms with E-state index in [0.29, 0.717) is 0 Å². The van der Waals surface area contributed by atoms with Crippen molar-refractivity contribution in [3.8, 4) is 5.75 Å². The van der Waals surface area contributed by atoms with Gasteiger partial charge in [0.2, 0.25) is 0 Å². The van der Waals surface area contributed by atoms with E-state index in [0.717, 1.165) is 28.8 Å². The number of halogens is 2. The Balaban J connectivity index is 1.61. The van der Waals surface area contributed by atoms with E-state index in [4.69, 9.17) is 4.74 Å². The van der Waals surface area contributed by atoms with E-state index in [1.54, 1.807) is 12.1 Å². The van der Waals surface area contributed by atoms with Crippen LogP contribution in [0.25, 0.3) is 10.9 Å². The van der Waals surface area contributed by atoms with Gasteiger partial charge in [0.05, 0.1) is 6.54 Å². The average Bonchev–Trinajstić information content (AvgIpc) is 3.04. The normalized spacial score (nSPS) is 17.0. The summed E-state index contributed by atoms with van der Waals surface area (Å²) in [5, 5.41) is 1.19. The second-order valence-corrected chi connectivity index (χ2v) is 6.19. The molecule has 0 N–H and O–H groups in total. The lowest BCUT2D eigenvalue weighted by Crippen LogP contribution is -2.20. The highest BCUT2D eigenvalue weighted by Crippen LogP contribution is 2.31. The number of nitrogens with zero attached hydrogens (tertiary/aromatic N) is 1. The first-order chi connectivity index (χ1) is 10.2. The lowest BCUT2D eigenvalue weighted by atomic mass is 10.1. The molecule has 4 heteroatoms. The minimum absolute atomic E-state index is 0.0522. The van der Waals surface area contributed by atoms with Crippen molar-refractivity contribution >= 4 is 26.8 Å². The summed E-state index contributed by atoms with van der Waals surface area (Å²) >= 11 is 3.57. The summed E-state index contributed by atoms with van der Waals surface area (Å²) < 4.78 is 22.4. The number of rotatable bonds is 2. The van der Waals surface area contributed by atoms with Crippen LogP contribution in [0, 0.1) is 5.82 Å². The number of aromatic nitrogens is 1. The standard InChI is InChI=1S/C17H13BrFNO/c18-15-2-1-3-16-14(15)6-7-20(16)10-13-9-11-8-12(19)4-5-17(11)21-13/h1-8,13H,9-10H2. The zero-order chi connectivity index (χ0) is 14.4. The molecule has 0 fully saturated rings. The first-order valence-electron chi connectivity index (χ1n) is 6.89. The summed E-state index contributed by atoms with van der Waals surface area (Å²) in [6.07, 6.45) is 2.87. The molecule has 0 radical (unpaired) electrons. The summed E-state index contributed by atoms with van der Waals surface area (Å²) in [7, 11) is 0. The molecule has 1 unspecified atom stereocenters. The Kier molecular flexibility index (Phi) is 3.00. The van der Waals surface area contributed by atoms with Gasteiger partial charge in [-0.1, -0.05) is 22.0 Å². The van der Waals surface area contributed by atoms with Crippen molar-refractivity contribution in [1.29, 1.82) is 0 Å². The molecule has 1 atom stereocenters. The molecule has 0 amide bonds. The predicted molar refractivity (Wildman–Crippen MR) is 84.2 cm³/mol. The molecule has 2 nitrogen and oxygen atoms in total. The largest absolute Gasteiger partial charge is 0.488 e. The van der Waals surface area contributed by atoms with Crippen LogP contribution in [0.1, 0.15) is 5.56 Å². The minimum Gasteiger partial charge on any atom is -0.488 e. The fourth-order valence-electron chi connectivity index (χ4n) is 2.96. The number of ether oxygens (including phenoxy) is 1. The number of fused-ring (bicyclic) bond motifs is 2. The van der Waals surface area contributed by atoms with Crippen molar-refractivity contribution in [2.45, 2.75) is 19.1 Å². The fourth-order valence-corrected chi connectivity index (χ4v) is 3.44. The van der Waals surface area contributed by atoms with Gasteiger partial charge in [0.15, 0.2) is 0 Å². The molecule has 0 saturated carbocycles. The highest BCUT2D eigenvalue weighted by molar-refractivity contribution is 9.10. The van der Waals surface area contributed by atoms with Gasteiger partial charge in [0.25, 0.3) is 0 Å². The van der Waals surface area contributed by atoms with Gasteiger partial charge in [0.1, 0.15) is 17.7 Å². The molecule has 2 aromatic carbocycles. The summed E-state index contributed by atoms with van der Waals surface area (Å²) in [5.74, 6) is 0.604. The third-order valence-corrected chi connectivity index (χ3v) is 4.62. The van der Waals surface area contributed by atoms with Gasteiger partial charge >= 0.3 is 0 Å². The molecule has 1 aliphatic rings. The maximum absolute atomic E-state index is 13.3. The van der Waals surface area contributed by atoms with E-state index in [1.165, 1.54) is 17.0 Å². The SMILES string of the molecule is Fc1ccc2c(c1)CC(Cn1ccc3c(Br)cccc31)O2. The van der Waals surface area contributed by atoms with Crippen LogP contribution in [0.3, 0.4) is 0 Å². The third kappa shape index (κ3) is 2.23. The van der Waals surface area contributed by atoms with Crippen LogP contribution in [0.5, 0.6) is 5.75 Å². The zero-order valence-electron chi connectivity index (χ0n) is 11.2. The highest BCUT2D eigenvalue weighted by atomic mass is 79.9. The number of hydrogen-bond acceptors (Lipinski definition) is 1. The predicted octanol–water partition coefficient (Wildman–Crippen LogP) is 4.55. The van der Waals surface area contributed by atoms with Gasteiger partial charge in [-0.15, -0.1) is 0 Å². The Morgan fingerprint density at radius 1 is 1.24 bits per heavy atom. The van der Waals surface area contributed by atoms with E-state index < -0.39 is 0 Å². The lowest BCUT2D eigenvalue weighted by Gasteiger charge is -2.13. The van der Waals surface area contributed by atoms with Crippen LogP contribution in [-0.2, 0) is 13.0 Å². The smallest absolute Gasteiger partial charge is 0.123 e. The first kappa shape index (κ1) is 12.9. The van der Waals surface area contributed by atoms with Crippen molar-refractivity contribution in [2.24, 2.45) is 0 Å². The molecule has 21 heavy (non-hydrogen) atoms. The summed E-state index contributed by atoms with van der Waals surface area (Å²) in [4.78, 5) is 0. The molecule has 1 aromatic heterocycles. The van der Waals surface area contributed by atoms with E-state index in [-0.39, 0.29) is 11.9 Å². The van der Waals surface area contributed by atoms with Gasteiger partial charge in [0, 0.05) is 33.6 Å². The Labute approximate surface area is 130 Å². The zero-order valence-corrected chi connectivity index (χ0v) is 12.8. The van der Waals surface area contributed by atoms with E-state index in [1.807, 2.05) is 12.1 Å². The number of hydrogen-bond donors (Lipinski definition) is 0. The summed E-state index contributed by atoms with van der Waals surface area (Å²) in [6.45, 7) is 0.760. The van der Waals surface area contributed by atoms with Crippen molar-refractivity contribution in [3.05, 3.63) is 64.5 Å². The molecule has 0 bridgehead atoms. The first-order valence-corrected chi connectivity index (χ1v) is 7.68. The Hall–Kier alpha value is -1.81. The average molecular weight is 346 g/mol. The van der Waals surface area contributed by atoms with Gasteiger partial charge in [-0.05, 0) is 36.4 Å². The van der Waals surface area contributed by atoms with Crippen LogP contribution in [0.2, 0.25) is 0 Å². The van der Waals surface area contributed by atoms with Gasteiger partial charge < -0.3 is 9.30 Å².